The number of nitrogens with zero attached hydrogens (tertiary/aromatic N) is 1. The van der Waals surface area contributed by atoms with E-state index in [1.165, 1.54) is 6.07 Å². The summed E-state index contributed by atoms with van der Waals surface area (Å²) in [6.07, 6.45) is 0. The normalized spacial score (nSPS) is 10.8. The number of H-pyrrole nitrogens is 1. The van der Waals surface area contributed by atoms with Crippen molar-refractivity contribution in [1.29, 1.82) is 0 Å². The van der Waals surface area contributed by atoms with Crippen LogP contribution in [0.25, 0.3) is 11.3 Å². The van der Waals surface area contributed by atoms with Gasteiger partial charge in [-0.3, -0.25) is 0 Å². The molecular formula is C11H11BrFN3. The van der Waals surface area contributed by atoms with Crippen LogP contribution in [0.15, 0.2) is 22.7 Å². The monoisotopic (exact) mass is 283 g/mol. The number of hydrogen-bond donors (Lipinski definition) is 2. The highest BCUT2D eigenvalue weighted by Gasteiger charge is 2.13. The lowest BCUT2D eigenvalue weighted by molar-refractivity contribution is 0.630. The Morgan fingerprint density at radius 2 is 2.25 bits per heavy atom. The summed E-state index contributed by atoms with van der Waals surface area (Å²) in [7, 11) is 0. The van der Waals surface area contributed by atoms with Crippen LogP contribution in [0.1, 0.15) is 11.5 Å². The fourth-order valence-electron chi connectivity index (χ4n) is 1.59. The summed E-state index contributed by atoms with van der Waals surface area (Å²) in [4.78, 5) is 7.28. The molecule has 1 aromatic heterocycles. The minimum Gasteiger partial charge on any atom is -0.345 e. The molecule has 16 heavy (non-hydrogen) atoms. The Hall–Kier alpha value is -1.20. The van der Waals surface area contributed by atoms with E-state index in [9.17, 15) is 4.39 Å². The SMILES string of the molecule is Cc1nc(-c2cc(Br)ccc2F)c(CN)[nH]1. The maximum Gasteiger partial charge on any atom is 0.132 e. The maximum absolute atomic E-state index is 13.7. The van der Waals surface area contributed by atoms with E-state index in [1.54, 1.807) is 12.1 Å². The summed E-state index contributed by atoms with van der Waals surface area (Å²) in [6, 6.07) is 4.76. The van der Waals surface area contributed by atoms with Crippen LogP contribution in [0.3, 0.4) is 0 Å². The van der Waals surface area contributed by atoms with E-state index in [-0.39, 0.29) is 5.82 Å². The first-order valence-electron chi connectivity index (χ1n) is 4.83. The Kier molecular flexibility index (Phi) is 3.07. The number of aromatic nitrogens is 2. The fraction of sp³-hybridized carbons (Fsp3) is 0.182. The number of aromatic amines is 1. The number of nitrogens with two attached hydrogens (primary N) is 1. The summed E-state index contributed by atoms with van der Waals surface area (Å²) >= 11 is 3.31. The number of aryl methyl sites for hydroxylation is 1. The van der Waals surface area contributed by atoms with E-state index >= 15 is 0 Å². The van der Waals surface area contributed by atoms with E-state index in [0.29, 0.717) is 17.8 Å². The zero-order valence-electron chi connectivity index (χ0n) is 8.72. The molecule has 0 bridgehead atoms. The van der Waals surface area contributed by atoms with Gasteiger partial charge in [0.1, 0.15) is 11.6 Å². The molecule has 3 N–H and O–H groups in total. The standard InChI is InChI=1S/C11H11BrFN3/c1-6-15-10(5-14)11(16-6)8-4-7(12)2-3-9(8)13/h2-4H,5,14H2,1H3,(H,15,16). The minimum absolute atomic E-state index is 0.301. The van der Waals surface area contributed by atoms with Gasteiger partial charge in [0, 0.05) is 16.6 Å². The second kappa shape index (κ2) is 4.35. The van der Waals surface area contributed by atoms with Crippen LogP contribution in [0, 0.1) is 12.7 Å². The Labute approximate surface area is 101 Å². The predicted molar refractivity (Wildman–Crippen MR) is 64.3 cm³/mol. The van der Waals surface area contributed by atoms with Gasteiger partial charge < -0.3 is 10.7 Å². The molecule has 0 amide bonds. The van der Waals surface area contributed by atoms with E-state index in [2.05, 4.69) is 25.9 Å². The van der Waals surface area contributed by atoms with Crippen molar-refractivity contribution < 1.29 is 4.39 Å². The third kappa shape index (κ3) is 2.01. The molecule has 0 spiro atoms. The summed E-state index contributed by atoms with van der Waals surface area (Å²) in [5.74, 6) is 0.430. The molecule has 84 valence electrons. The molecule has 0 atom stereocenters. The third-order valence-electron chi connectivity index (χ3n) is 2.28. The lowest BCUT2D eigenvalue weighted by Gasteiger charge is -2.02. The molecule has 0 saturated heterocycles. The summed E-state index contributed by atoms with van der Waals surface area (Å²) < 4.78 is 14.5. The van der Waals surface area contributed by atoms with Crippen LogP contribution in [0.2, 0.25) is 0 Å². The molecule has 0 aliphatic carbocycles. The average molecular weight is 284 g/mol. The van der Waals surface area contributed by atoms with Crippen LogP contribution in [0.5, 0.6) is 0 Å². The largest absolute Gasteiger partial charge is 0.345 e. The number of halogens is 2. The first-order valence-corrected chi connectivity index (χ1v) is 5.62. The van der Waals surface area contributed by atoms with Crippen LogP contribution < -0.4 is 5.73 Å². The summed E-state index contributed by atoms with van der Waals surface area (Å²) in [6.45, 7) is 2.13. The number of benzene rings is 1. The number of nitrogens with one attached hydrogen (secondary N) is 1. The number of imidazole rings is 1. The smallest absolute Gasteiger partial charge is 0.132 e. The van der Waals surface area contributed by atoms with E-state index in [1.807, 2.05) is 6.92 Å². The molecule has 1 heterocycles. The zero-order valence-corrected chi connectivity index (χ0v) is 10.3. The van der Waals surface area contributed by atoms with Gasteiger partial charge in [-0.2, -0.15) is 0 Å². The van der Waals surface area contributed by atoms with Crippen molar-refractivity contribution in [3.8, 4) is 11.3 Å². The summed E-state index contributed by atoms with van der Waals surface area (Å²) in [5, 5.41) is 0. The Morgan fingerprint density at radius 1 is 1.50 bits per heavy atom. The quantitative estimate of drug-likeness (QED) is 0.891. The maximum atomic E-state index is 13.7. The lowest BCUT2D eigenvalue weighted by atomic mass is 10.1. The van der Waals surface area contributed by atoms with Crippen molar-refractivity contribution >= 4 is 15.9 Å². The molecule has 0 aliphatic heterocycles. The Bertz CT molecular complexity index is 522. The van der Waals surface area contributed by atoms with Gasteiger partial charge in [-0.25, -0.2) is 9.37 Å². The molecule has 0 fully saturated rings. The zero-order chi connectivity index (χ0) is 11.7. The van der Waals surface area contributed by atoms with Gasteiger partial charge in [-0.1, -0.05) is 15.9 Å². The Morgan fingerprint density at radius 3 is 2.94 bits per heavy atom. The van der Waals surface area contributed by atoms with Crippen LogP contribution in [-0.2, 0) is 6.54 Å². The Balaban J connectivity index is 2.61. The van der Waals surface area contributed by atoms with E-state index in [4.69, 9.17) is 5.73 Å². The van der Waals surface area contributed by atoms with Gasteiger partial charge >= 0.3 is 0 Å². The van der Waals surface area contributed by atoms with Gasteiger partial charge in [0.05, 0.1) is 11.4 Å². The topological polar surface area (TPSA) is 54.7 Å². The highest BCUT2D eigenvalue weighted by Crippen LogP contribution is 2.27. The molecule has 3 nitrogen and oxygen atoms in total. The molecular weight excluding hydrogens is 273 g/mol. The first-order chi connectivity index (χ1) is 7.61. The van der Waals surface area contributed by atoms with Gasteiger partial charge in [0.25, 0.3) is 0 Å². The van der Waals surface area contributed by atoms with Gasteiger partial charge in [0.15, 0.2) is 0 Å². The van der Waals surface area contributed by atoms with Crippen LogP contribution in [0.4, 0.5) is 4.39 Å². The van der Waals surface area contributed by atoms with Crippen molar-refractivity contribution in [3.63, 3.8) is 0 Å². The van der Waals surface area contributed by atoms with Crippen molar-refractivity contribution in [2.24, 2.45) is 5.73 Å². The molecule has 0 radical (unpaired) electrons. The van der Waals surface area contributed by atoms with Crippen molar-refractivity contribution in [3.05, 3.63) is 40.0 Å². The number of rotatable bonds is 2. The highest BCUT2D eigenvalue weighted by molar-refractivity contribution is 9.10. The molecule has 0 saturated carbocycles. The molecule has 0 aliphatic rings. The second-order valence-electron chi connectivity index (χ2n) is 3.48. The average Bonchev–Trinajstić information content (AvgIpc) is 2.63. The molecule has 5 heteroatoms. The molecule has 0 unspecified atom stereocenters. The first kappa shape index (κ1) is 11.3. The minimum atomic E-state index is -0.301. The van der Waals surface area contributed by atoms with Crippen LogP contribution >= 0.6 is 15.9 Å². The number of hydrogen-bond acceptors (Lipinski definition) is 2. The lowest BCUT2D eigenvalue weighted by Crippen LogP contribution is -1.99. The van der Waals surface area contributed by atoms with Crippen molar-refractivity contribution in [2.45, 2.75) is 13.5 Å². The van der Waals surface area contributed by atoms with Gasteiger partial charge in [-0.05, 0) is 25.1 Å². The van der Waals surface area contributed by atoms with Gasteiger partial charge in [0.2, 0.25) is 0 Å². The van der Waals surface area contributed by atoms with Crippen LogP contribution in [-0.4, -0.2) is 9.97 Å². The summed E-state index contributed by atoms with van der Waals surface area (Å²) in [5.41, 5.74) is 7.37. The van der Waals surface area contributed by atoms with E-state index in [0.717, 1.165) is 16.0 Å². The van der Waals surface area contributed by atoms with Crippen molar-refractivity contribution in [2.75, 3.05) is 0 Å². The predicted octanol–water partition coefficient (Wildman–Crippen LogP) is 2.75. The van der Waals surface area contributed by atoms with E-state index < -0.39 is 0 Å². The van der Waals surface area contributed by atoms with Crippen molar-refractivity contribution in [1.82, 2.24) is 9.97 Å². The molecule has 2 aromatic rings. The second-order valence-corrected chi connectivity index (χ2v) is 4.39. The molecule has 2 rings (SSSR count). The van der Waals surface area contributed by atoms with Gasteiger partial charge in [-0.15, -0.1) is 0 Å². The fourth-order valence-corrected chi connectivity index (χ4v) is 1.95. The molecule has 1 aromatic carbocycles. The third-order valence-corrected chi connectivity index (χ3v) is 2.78. The highest BCUT2D eigenvalue weighted by atomic mass is 79.9.